The number of rotatable bonds is 3. The van der Waals surface area contributed by atoms with Crippen molar-refractivity contribution in [2.75, 3.05) is 19.6 Å². The van der Waals surface area contributed by atoms with Gasteiger partial charge in [0, 0.05) is 60.2 Å². The number of allylic oxidation sites excluding steroid dienone is 4. The number of esters is 2. The molecule has 13 aliphatic rings. The smallest absolute Gasteiger partial charge is 0.339 e. The number of carbonyl (C=O) groups excluding carboxylic acids is 2. The SMILES string of the molecule is CC1CCC2=CC3C(C)CC4=C5C3C3=C2C26C(=O)OC(=C(O)C7CCC8C9CC(CN8C7C)C(CC4)N5C9)C2(CC3)C2(OC(=O)c3c(CCCN)cccc32)C6C1. The zero-order valence-electron chi connectivity index (χ0n) is 34.0. The fourth-order valence-electron chi connectivity index (χ4n) is 17.3. The molecule has 5 aliphatic carbocycles. The molecule has 8 heteroatoms. The zero-order chi connectivity index (χ0) is 38.5. The normalized spacial score (nSPS) is 47.8. The number of aliphatic hydroxyl groups is 1. The van der Waals surface area contributed by atoms with Crippen LogP contribution in [-0.2, 0) is 26.3 Å². The molecule has 2 saturated carbocycles. The molecule has 6 fully saturated rings. The van der Waals surface area contributed by atoms with Gasteiger partial charge in [-0.05, 0) is 143 Å². The monoisotopic (exact) mass is 769 g/mol. The lowest BCUT2D eigenvalue weighted by molar-refractivity contribution is -0.279. The van der Waals surface area contributed by atoms with Crippen LogP contribution in [0.5, 0.6) is 0 Å². The van der Waals surface area contributed by atoms with Crippen LogP contribution >= 0.6 is 0 Å². The Morgan fingerprint density at radius 3 is 2.70 bits per heavy atom. The lowest BCUT2D eigenvalue weighted by Crippen LogP contribution is -2.77. The van der Waals surface area contributed by atoms with Crippen molar-refractivity contribution in [1.29, 1.82) is 0 Å². The second-order valence-corrected chi connectivity index (χ2v) is 21.1. The zero-order valence-corrected chi connectivity index (χ0v) is 34.0. The maximum absolute atomic E-state index is 15.8. The molecule has 10 bridgehead atoms. The quantitative estimate of drug-likeness (QED) is 0.300. The fraction of sp³-hybridized carbons (Fsp3) is 0.673. The van der Waals surface area contributed by atoms with Gasteiger partial charge in [-0.1, -0.05) is 49.3 Å². The Labute approximate surface area is 336 Å². The van der Waals surface area contributed by atoms with E-state index in [1.807, 2.05) is 0 Å². The van der Waals surface area contributed by atoms with Gasteiger partial charge in [0.15, 0.2) is 11.4 Å². The Bertz CT molecular complexity index is 2200. The molecule has 3 spiro atoms. The molecule has 8 heterocycles. The van der Waals surface area contributed by atoms with Crippen molar-refractivity contribution in [2.24, 2.45) is 63.9 Å². The molecule has 15 atom stereocenters. The van der Waals surface area contributed by atoms with E-state index in [-0.39, 0.29) is 41.5 Å². The summed E-state index contributed by atoms with van der Waals surface area (Å²) in [6.45, 7) is 9.93. The van der Waals surface area contributed by atoms with Crippen LogP contribution in [0.4, 0.5) is 0 Å². The number of nitrogens with zero attached hydrogens (tertiary/aromatic N) is 2. The molecule has 57 heavy (non-hydrogen) atoms. The van der Waals surface area contributed by atoms with Gasteiger partial charge in [0.25, 0.3) is 0 Å². The molecule has 14 rings (SSSR count). The van der Waals surface area contributed by atoms with Gasteiger partial charge in [0.1, 0.15) is 11.2 Å². The van der Waals surface area contributed by atoms with E-state index < -0.39 is 16.4 Å². The summed E-state index contributed by atoms with van der Waals surface area (Å²) in [5, 5.41) is 13.2. The van der Waals surface area contributed by atoms with E-state index >= 15 is 4.79 Å². The number of hydrogen-bond acceptors (Lipinski definition) is 8. The van der Waals surface area contributed by atoms with Crippen molar-refractivity contribution in [3.63, 3.8) is 0 Å². The van der Waals surface area contributed by atoms with Crippen molar-refractivity contribution < 1.29 is 24.2 Å². The Kier molecular flexibility index (Phi) is 6.82. The first-order chi connectivity index (χ1) is 27.6. The van der Waals surface area contributed by atoms with Crippen molar-refractivity contribution in [3.05, 3.63) is 80.5 Å². The van der Waals surface area contributed by atoms with E-state index in [1.54, 1.807) is 11.3 Å². The Morgan fingerprint density at radius 2 is 1.84 bits per heavy atom. The van der Waals surface area contributed by atoms with E-state index in [4.69, 9.17) is 15.2 Å². The van der Waals surface area contributed by atoms with Crippen LogP contribution < -0.4 is 5.73 Å². The number of ether oxygens (including phenoxy) is 2. The molecule has 300 valence electrons. The van der Waals surface area contributed by atoms with Gasteiger partial charge in [0.05, 0.1) is 11.0 Å². The van der Waals surface area contributed by atoms with Crippen LogP contribution in [-0.4, -0.2) is 64.6 Å². The predicted octanol–water partition coefficient (Wildman–Crippen LogP) is 7.85. The highest BCUT2D eigenvalue weighted by molar-refractivity contribution is 6.01. The van der Waals surface area contributed by atoms with Gasteiger partial charge >= 0.3 is 11.9 Å². The summed E-state index contributed by atoms with van der Waals surface area (Å²) in [4.78, 5) is 36.3. The van der Waals surface area contributed by atoms with Gasteiger partial charge in [-0.15, -0.1) is 0 Å². The molecule has 4 saturated heterocycles. The van der Waals surface area contributed by atoms with Crippen molar-refractivity contribution in [1.82, 2.24) is 9.80 Å². The first-order valence-corrected chi connectivity index (χ1v) is 23.1. The topological polar surface area (TPSA) is 105 Å². The number of benzene rings is 1. The van der Waals surface area contributed by atoms with Crippen molar-refractivity contribution in [3.8, 4) is 0 Å². The van der Waals surface area contributed by atoms with E-state index in [0.29, 0.717) is 72.4 Å². The summed E-state index contributed by atoms with van der Waals surface area (Å²) in [6.07, 6.45) is 15.2. The molecule has 3 N–H and O–H groups in total. The highest BCUT2D eigenvalue weighted by atomic mass is 16.6. The summed E-state index contributed by atoms with van der Waals surface area (Å²) in [5.41, 5.74) is 12.8. The number of nitrogens with two attached hydrogens (primary N) is 1. The maximum atomic E-state index is 15.8. The molecule has 8 aliphatic heterocycles. The number of fused-ring (bicyclic) bond motifs is 4. The molecule has 0 radical (unpaired) electrons. The summed E-state index contributed by atoms with van der Waals surface area (Å²) in [7, 11) is 0. The van der Waals surface area contributed by atoms with E-state index in [9.17, 15) is 9.90 Å². The number of aryl methyl sites for hydroxylation is 1. The number of aliphatic hydroxyl groups excluding tert-OH is 1. The van der Waals surface area contributed by atoms with E-state index in [0.717, 1.165) is 69.2 Å². The van der Waals surface area contributed by atoms with Gasteiger partial charge in [0.2, 0.25) is 0 Å². The average molecular weight is 770 g/mol. The highest BCUT2D eigenvalue weighted by Gasteiger charge is 2.94. The number of hydrogen-bond donors (Lipinski definition) is 2. The first-order valence-electron chi connectivity index (χ1n) is 23.1. The van der Waals surface area contributed by atoms with Crippen LogP contribution in [0.1, 0.15) is 119 Å². The maximum Gasteiger partial charge on any atom is 0.339 e. The molecule has 15 unspecified atom stereocenters. The van der Waals surface area contributed by atoms with Crippen LogP contribution in [0.25, 0.3) is 0 Å². The van der Waals surface area contributed by atoms with Gasteiger partial charge in [-0.25, -0.2) is 4.79 Å². The lowest BCUT2D eigenvalue weighted by atomic mass is 9.28. The van der Waals surface area contributed by atoms with Gasteiger partial charge in [-0.2, -0.15) is 0 Å². The highest BCUT2D eigenvalue weighted by Crippen LogP contribution is 2.88. The molecule has 1 aromatic carbocycles. The fourth-order valence-corrected chi connectivity index (χ4v) is 17.3. The summed E-state index contributed by atoms with van der Waals surface area (Å²) < 4.78 is 14.1. The minimum atomic E-state index is -1.12. The van der Waals surface area contributed by atoms with Crippen LogP contribution in [0.2, 0.25) is 0 Å². The molecular weight excluding hydrogens is 711 g/mol. The average Bonchev–Trinajstić information content (AvgIpc) is 3.66. The molecule has 0 amide bonds. The Morgan fingerprint density at radius 1 is 0.982 bits per heavy atom. The second kappa shape index (κ2) is 11.3. The largest absolute Gasteiger partial charge is 0.508 e. The molecule has 0 aromatic heterocycles. The van der Waals surface area contributed by atoms with Gasteiger partial charge < -0.3 is 25.2 Å². The third-order valence-electron chi connectivity index (χ3n) is 19.2. The predicted molar refractivity (Wildman–Crippen MR) is 214 cm³/mol. The third kappa shape index (κ3) is 3.71. The summed E-state index contributed by atoms with van der Waals surface area (Å²) in [6, 6.07) is 7.44. The molecule has 8 nitrogen and oxygen atoms in total. The minimum absolute atomic E-state index is 0.113. The first kappa shape index (κ1) is 34.5. The number of piperidine rings is 3. The Balaban J connectivity index is 1.14. The third-order valence-corrected chi connectivity index (χ3v) is 19.2. The van der Waals surface area contributed by atoms with Crippen LogP contribution in [0.3, 0.4) is 0 Å². The lowest BCUT2D eigenvalue weighted by Gasteiger charge is -2.72. The molecular formula is C49H59N3O5. The standard InChI is InChI=1S/C49H59N3O5/c1-24-9-10-28-21-34-25(2)19-29-11-13-37-30-20-31-23-52(37)42(29)40(34)33-15-16-47-44(43(53)32-12-14-36(31)51(22-30)26(32)3)56-46(55)48(47,41(28)33)38(18-24)49(47)35-8-4-6-27(7-5-17-50)39(35)45(54)57-49/h4,6,8,21,24-26,30-32,34,36-38,40,53H,5,7,9-20,22-23,50H2,1-3H3. The van der Waals surface area contributed by atoms with Crippen molar-refractivity contribution in [2.45, 2.75) is 128 Å². The van der Waals surface area contributed by atoms with Crippen LogP contribution in [0.15, 0.2) is 63.8 Å². The van der Waals surface area contributed by atoms with Crippen LogP contribution in [0, 0.1) is 58.2 Å². The van der Waals surface area contributed by atoms with Crippen molar-refractivity contribution >= 4 is 11.9 Å². The molecule has 1 aromatic rings. The second-order valence-electron chi connectivity index (χ2n) is 21.1. The Hall–Kier alpha value is -3.36. The van der Waals surface area contributed by atoms with E-state index in [2.05, 4.69) is 54.8 Å². The number of carbonyl (C=O) groups is 2. The van der Waals surface area contributed by atoms with E-state index in [1.165, 1.54) is 42.4 Å². The summed E-state index contributed by atoms with van der Waals surface area (Å²) in [5.74, 6) is 2.51. The summed E-state index contributed by atoms with van der Waals surface area (Å²) >= 11 is 0. The van der Waals surface area contributed by atoms with Gasteiger partial charge in [-0.3, -0.25) is 9.69 Å². The minimum Gasteiger partial charge on any atom is -0.508 e.